The molecule has 2 heterocycles. The number of benzene rings is 1. The van der Waals surface area contributed by atoms with Gasteiger partial charge in [0.2, 0.25) is 0 Å². The Morgan fingerprint density at radius 2 is 1.91 bits per heavy atom. The number of non-ortho nitro benzene ring substituents is 1. The number of hydrogen-bond donors (Lipinski definition) is 0. The van der Waals surface area contributed by atoms with Gasteiger partial charge < -0.3 is 0 Å². The summed E-state index contributed by atoms with van der Waals surface area (Å²) in [4.78, 5) is 10.0. The molecule has 0 radical (unpaired) electrons. The second-order valence-electron chi connectivity index (χ2n) is 4.76. The third kappa shape index (κ3) is 2.70. The summed E-state index contributed by atoms with van der Waals surface area (Å²) in [5, 5.41) is 22.6. The van der Waals surface area contributed by atoms with Crippen LogP contribution < -0.4 is 0 Å². The summed E-state index contributed by atoms with van der Waals surface area (Å²) in [5.74, 6) is 0.448. The maximum Gasteiger partial charge on any atom is 0.416 e. The van der Waals surface area contributed by atoms with Gasteiger partial charge in [0.15, 0.2) is 11.5 Å². The van der Waals surface area contributed by atoms with Crippen molar-refractivity contribution in [2.24, 2.45) is 0 Å². The SMILES string of the molecule is Cc1nnc2ccc(-c3cc([N+](=O)[O-])cc(C(F)(F)F)c3)nn12. The molecule has 3 aromatic rings. The fourth-order valence-electron chi connectivity index (χ4n) is 2.08. The van der Waals surface area contributed by atoms with Crippen molar-refractivity contribution in [2.45, 2.75) is 13.1 Å². The highest BCUT2D eigenvalue weighted by Crippen LogP contribution is 2.35. The first kappa shape index (κ1) is 14.9. The van der Waals surface area contributed by atoms with Crippen LogP contribution in [0.4, 0.5) is 18.9 Å². The van der Waals surface area contributed by atoms with Gasteiger partial charge in [0, 0.05) is 17.7 Å². The highest BCUT2D eigenvalue weighted by atomic mass is 19.4. The fourth-order valence-corrected chi connectivity index (χ4v) is 2.08. The van der Waals surface area contributed by atoms with Gasteiger partial charge in [-0.15, -0.1) is 10.2 Å². The molecule has 0 aliphatic heterocycles. The van der Waals surface area contributed by atoms with E-state index in [1.54, 1.807) is 6.92 Å². The van der Waals surface area contributed by atoms with Crippen molar-refractivity contribution in [2.75, 3.05) is 0 Å². The van der Waals surface area contributed by atoms with Crippen LogP contribution in [0.1, 0.15) is 11.4 Å². The Kier molecular flexibility index (Phi) is 3.24. The molecule has 3 rings (SSSR count). The van der Waals surface area contributed by atoms with Crippen LogP contribution in [0.15, 0.2) is 30.3 Å². The predicted molar refractivity (Wildman–Crippen MR) is 72.6 cm³/mol. The molecule has 0 fully saturated rings. The minimum absolute atomic E-state index is 0.0125. The third-order valence-electron chi connectivity index (χ3n) is 3.17. The van der Waals surface area contributed by atoms with Gasteiger partial charge in [0.1, 0.15) is 0 Å². The second kappa shape index (κ2) is 5.00. The standard InChI is InChI=1S/C13H8F3N5O2/c1-7-17-18-12-3-2-11(19-20(7)12)8-4-9(13(14,15)16)6-10(5-8)21(22)23/h2-6H,1H3. The van der Waals surface area contributed by atoms with Gasteiger partial charge in [-0.2, -0.15) is 22.8 Å². The lowest BCUT2D eigenvalue weighted by atomic mass is 10.1. The lowest BCUT2D eigenvalue weighted by Crippen LogP contribution is -2.06. The molecular weight excluding hydrogens is 315 g/mol. The van der Waals surface area contributed by atoms with Crippen molar-refractivity contribution >= 4 is 11.3 Å². The molecule has 0 saturated carbocycles. The van der Waals surface area contributed by atoms with Gasteiger partial charge in [0.05, 0.1) is 16.2 Å². The summed E-state index contributed by atoms with van der Waals surface area (Å²) in [6.45, 7) is 1.63. The van der Waals surface area contributed by atoms with E-state index >= 15 is 0 Å². The summed E-state index contributed by atoms with van der Waals surface area (Å²) in [7, 11) is 0. The maximum atomic E-state index is 12.9. The zero-order chi connectivity index (χ0) is 16.8. The number of nitro groups is 1. The Hall–Kier alpha value is -3.04. The molecular formula is C13H8F3N5O2. The number of fused-ring (bicyclic) bond motifs is 1. The van der Waals surface area contributed by atoms with Gasteiger partial charge >= 0.3 is 6.18 Å². The Morgan fingerprint density at radius 3 is 2.57 bits per heavy atom. The molecule has 0 bridgehead atoms. The molecule has 1 aromatic carbocycles. The molecule has 0 spiro atoms. The first-order chi connectivity index (χ1) is 10.8. The van der Waals surface area contributed by atoms with E-state index in [-0.39, 0.29) is 11.3 Å². The summed E-state index contributed by atoms with van der Waals surface area (Å²) >= 11 is 0. The summed E-state index contributed by atoms with van der Waals surface area (Å²) in [6, 6.07) is 5.31. The first-order valence-corrected chi connectivity index (χ1v) is 6.32. The largest absolute Gasteiger partial charge is 0.416 e. The van der Waals surface area contributed by atoms with E-state index in [0.717, 1.165) is 12.1 Å². The van der Waals surface area contributed by atoms with Gasteiger partial charge in [-0.25, -0.2) is 0 Å². The molecule has 0 N–H and O–H groups in total. The second-order valence-corrected chi connectivity index (χ2v) is 4.76. The highest BCUT2D eigenvalue weighted by molar-refractivity contribution is 5.65. The van der Waals surface area contributed by atoms with Crippen molar-refractivity contribution in [3.8, 4) is 11.3 Å². The number of hydrogen-bond acceptors (Lipinski definition) is 5. The van der Waals surface area contributed by atoms with Crippen molar-refractivity contribution in [3.63, 3.8) is 0 Å². The quantitative estimate of drug-likeness (QED) is 0.534. The topological polar surface area (TPSA) is 86.2 Å². The summed E-state index contributed by atoms with van der Waals surface area (Å²) < 4.78 is 40.1. The minimum Gasteiger partial charge on any atom is -0.258 e. The number of aromatic nitrogens is 4. The average molecular weight is 323 g/mol. The van der Waals surface area contributed by atoms with Crippen LogP contribution >= 0.6 is 0 Å². The monoisotopic (exact) mass is 323 g/mol. The molecule has 0 amide bonds. The van der Waals surface area contributed by atoms with E-state index in [0.29, 0.717) is 17.5 Å². The molecule has 0 aliphatic rings. The molecule has 0 unspecified atom stereocenters. The highest BCUT2D eigenvalue weighted by Gasteiger charge is 2.33. The van der Waals surface area contributed by atoms with Crippen LogP contribution in [0.5, 0.6) is 0 Å². The van der Waals surface area contributed by atoms with Gasteiger partial charge in [-0.1, -0.05) is 0 Å². The molecule has 10 heteroatoms. The van der Waals surface area contributed by atoms with Crippen molar-refractivity contribution < 1.29 is 18.1 Å². The van der Waals surface area contributed by atoms with Crippen LogP contribution in [-0.4, -0.2) is 24.7 Å². The Bertz CT molecular complexity index is 920. The minimum atomic E-state index is -4.70. The van der Waals surface area contributed by atoms with Crippen molar-refractivity contribution in [1.29, 1.82) is 0 Å². The van der Waals surface area contributed by atoms with Gasteiger partial charge in [-0.3, -0.25) is 10.1 Å². The Labute approximate surface area is 126 Å². The van der Waals surface area contributed by atoms with Crippen LogP contribution in [0, 0.1) is 17.0 Å². The number of nitrogens with zero attached hydrogens (tertiary/aromatic N) is 5. The number of aryl methyl sites for hydroxylation is 1. The molecule has 23 heavy (non-hydrogen) atoms. The van der Waals surface area contributed by atoms with Gasteiger partial charge in [-0.05, 0) is 25.1 Å². The van der Waals surface area contributed by atoms with E-state index in [2.05, 4.69) is 15.3 Å². The number of nitro benzene ring substituents is 1. The van der Waals surface area contributed by atoms with E-state index in [4.69, 9.17) is 0 Å². The summed E-state index contributed by atoms with van der Waals surface area (Å²) in [6.07, 6.45) is -4.70. The Morgan fingerprint density at radius 1 is 1.17 bits per heavy atom. The van der Waals surface area contributed by atoms with Crippen LogP contribution in [0.2, 0.25) is 0 Å². The van der Waals surface area contributed by atoms with E-state index in [9.17, 15) is 23.3 Å². The molecule has 0 saturated heterocycles. The normalized spacial score (nSPS) is 11.8. The van der Waals surface area contributed by atoms with E-state index in [1.807, 2.05) is 0 Å². The van der Waals surface area contributed by atoms with Crippen molar-refractivity contribution in [3.05, 3.63) is 51.8 Å². The molecule has 7 nitrogen and oxygen atoms in total. The maximum absolute atomic E-state index is 12.9. The molecule has 0 aliphatic carbocycles. The van der Waals surface area contributed by atoms with E-state index < -0.39 is 22.4 Å². The number of halogens is 3. The number of rotatable bonds is 2. The zero-order valence-corrected chi connectivity index (χ0v) is 11.6. The van der Waals surface area contributed by atoms with Crippen LogP contribution in [0.3, 0.4) is 0 Å². The lowest BCUT2D eigenvalue weighted by molar-refractivity contribution is -0.385. The van der Waals surface area contributed by atoms with Crippen LogP contribution in [0.25, 0.3) is 16.9 Å². The predicted octanol–water partition coefficient (Wildman–Crippen LogP) is 3.03. The van der Waals surface area contributed by atoms with Gasteiger partial charge in [0.25, 0.3) is 5.69 Å². The summed E-state index contributed by atoms with van der Waals surface area (Å²) in [5.41, 5.74) is -1.20. The Balaban J connectivity index is 2.22. The number of alkyl halides is 3. The zero-order valence-electron chi connectivity index (χ0n) is 11.6. The smallest absolute Gasteiger partial charge is 0.258 e. The van der Waals surface area contributed by atoms with Crippen molar-refractivity contribution in [1.82, 2.24) is 19.8 Å². The lowest BCUT2D eigenvalue weighted by Gasteiger charge is -2.09. The third-order valence-corrected chi connectivity index (χ3v) is 3.17. The molecule has 0 atom stereocenters. The first-order valence-electron chi connectivity index (χ1n) is 6.32. The van der Waals surface area contributed by atoms with E-state index in [1.165, 1.54) is 16.6 Å². The molecule has 2 aromatic heterocycles. The van der Waals surface area contributed by atoms with Crippen LogP contribution in [-0.2, 0) is 6.18 Å². The molecule has 118 valence electrons. The average Bonchev–Trinajstić information content (AvgIpc) is 2.87. The fraction of sp³-hybridized carbons (Fsp3) is 0.154.